The molecule has 1 atom stereocenters. The van der Waals surface area contributed by atoms with Gasteiger partial charge in [0.1, 0.15) is 5.69 Å². The van der Waals surface area contributed by atoms with Crippen LogP contribution >= 0.6 is 0 Å². The quantitative estimate of drug-likeness (QED) is 0.555. The topological polar surface area (TPSA) is 125 Å². The molecule has 0 aromatic heterocycles. The summed E-state index contributed by atoms with van der Waals surface area (Å²) in [4.78, 5) is 34.7. The molecule has 0 unspecified atom stereocenters. The van der Waals surface area contributed by atoms with Gasteiger partial charge >= 0.3 is 6.09 Å². The zero-order chi connectivity index (χ0) is 17.0. The van der Waals surface area contributed by atoms with Gasteiger partial charge in [0.25, 0.3) is 11.6 Å². The molecule has 1 aliphatic rings. The lowest BCUT2D eigenvalue weighted by molar-refractivity contribution is -0.384. The van der Waals surface area contributed by atoms with E-state index in [0.29, 0.717) is 26.1 Å². The summed E-state index contributed by atoms with van der Waals surface area (Å²) in [5.74, 6) is -0.377. The summed E-state index contributed by atoms with van der Waals surface area (Å²) in [6.45, 7) is 1.18. The smallest absolute Gasteiger partial charge is 0.407 e. The molecule has 1 heterocycles. The second kappa shape index (κ2) is 6.95. The SMILES string of the molecule is CNC(=O)c1cccc([N+](=O)[O-])c1NC[C@@H]1CCN(C(=O)O)C1. The van der Waals surface area contributed by atoms with Crippen molar-refractivity contribution < 1.29 is 19.6 Å². The third-order valence-electron chi connectivity index (χ3n) is 3.83. The second-order valence-corrected chi connectivity index (χ2v) is 5.30. The Kier molecular flexibility index (Phi) is 4.99. The first-order valence-corrected chi connectivity index (χ1v) is 7.15. The predicted octanol–water partition coefficient (Wildman–Crippen LogP) is 1.37. The van der Waals surface area contributed by atoms with E-state index in [9.17, 15) is 19.7 Å². The van der Waals surface area contributed by atoms with Crippen molar-refractivity contribution in [1.82, 2.24) is 10.2 Å². The van der Waals surface area contributed by atoms with Crippen LogP contribution < -0.4 is 10.6 Å². The van der Waals surface area contributed by atoms with Gasteiger partial charge in [0, 0.05) is 32.7 Å². The number of likely N-dealkylation sites (tertiary alicyclic amines) is 1. The minimum Gasteiger partial charge on any atom is -0.465 e. The molecule has 2 rings (SSSR count). The van der Waals surface area contributed by atoms with Crippen molar-refractivity contribution in [2.75, 3.05) is 32.0 Å². The fraction of sp³-hybridized carbons (Fsp3) is 0.429. The molecule has 0 spiro atoms. The number of nitro benzene ring substituents is 1. The van der Waals surface area contributed by atoms with Crippen LogP contribution in [0.5, 0.6) is 0 Å². The van der Waals surface area contributed by atoms with Crippen LogP contribution in [0.4, 0.5) is 16.2 Å². The average molecular weight is 322 g/mol. The standard InChI is InChI=1S/C14H18N4O5/c1-15-13(19)10-3-2-4-11(18(22)23)12(10)16-7-9-5-6-17(8-9)14(20)21/h2-4,9,16H,5-8H2,1H3,(H,15,19)(H,20,21)/t9-/m0/s1. The number of para-hydroxylation sites is 1. The number of rotatable bonds is 5. The second-order valence-electron chi connectivity index (χ2n) is 5.30. The molecule has 1 saturated heterocycles. The molecule has 3 N–H and O–H groups in total. The molecule has 9 heteroatoms. The molecular formula is C14H18N4O5. The summed E-state index contributed by atoms with van der Waals surface area (Å²) in [5, 5.41) is 25.5. The molecule has 0 radical (unpaired) electrons. The molecule has 0 bridgehead atoms. The third kappa shape index (κ3) is 3.68. The molecule has 1 aromatic rings. The van der Waals surface area contributed by atoms with Gasteiger partial charge < -0.3 is 20.6 Å². The van der Waals surface area contributed by atoms with E-state index < -0.39 is 16.9 Å². The van der Waals surface area contributed by atoms with Crippen molar-refractivity contribution >= 4 is 23.4 Å². The summed E-state index contributed by atoms with van der Waals surface area (Å²) in [6.07, 6.45) is -0.292. The highest BCUT2D eigenvalue weighted by Crippen LogP contribution is 2.29. The van der Waals surface area contributed by atoms with E-state index in [1.807, 2.05) is 0 Å². The van der Waals surface area contributed by atoms with Crippen molar-refractivity contribution in [1.29, 1.82) is 0 Å². The number of nitro groups is 1. The number of amides is 2. The maximum Gasteiger partial charge on any atom is 0.407 e. The number of carbonyl (C=O) groups excluding carboxylic acids is 1. The molecule has 0 saturated carbocycles. The number of hydrogen-bond acceptors (Lipinski definition) is 5. The summed E-state index contributed by atoms with van der Waals surface area (Å²) >= 11 is 0. The van der Waals surface area contributed by atoms with Crippen LogP contribution in [0, 0.1) is 16.0 Å². The van der Waals surface area contributed by atoms with Crippen molar-refractivity contribution in [2.45, 2.75) is 6.42 Å². The lowest BCUT2D eigenvalue weighted by atomic mass is 10.1. The maximum absolute atomic E-state index is 11.9. The minimum atomic E-state index is -0.968. The van der Waals surface area contributed by atoms with E-state index >= 15 is 0 Å². The van der Waals surface area contributed by atoms with Gasteiger partial charge in [-0.2, -0.15) is 0 Å². The number of carbonyl (C=O) groups is 2. The molecule has 124 valence electrons. The summed E-state index contributed by atoms with van der Waals surface area (Å²) in [7, 11) is 1.45. The van der Waals surface area contributed by atoms with Crippen LogP contribution in [0.1, 0.15) is 16.8 Å². The lowest BCUT2D eigenvalue weighted by Gasteiger charge is -2.15. The molecule has 1 aliphatic heterocycles. The number of hydrogen-bond donors (Lipinski definition) is 3. The van der Waals surface area contributed by atoms with Crippen molar-refractivity contribution in [2.24, 2.45) is 5.92 Å². The van der Waals surface area contributed by atoms with E-state index in [2.05, 4.69) is 10.6 Å². The molecule has 23 heavy (non-hydrogen) atoms. The Morgan fingerprint density at radius 1 is 1.48 bits per heavy atom. The Labute approximate surface area is 132 Å². The average Bonchev–Trinajstić information content (AvgIpc) is 3.00. The van der Waals surface area contributed by atoms with Crippen LogP contribution in [0.15, 0.2) is 18.2 Å². The third-order valence-corrected chi connectivity index (χ3v) is 3.83. The van der Waals surface area contributed by atoms with Crippen LogP contribution in [0.25, 0.3) is 0 Å². The van der Waals surface area contributed by atoms with Gasteiger partial charge in [-0.15, -0.1) is 0 Å². The first kappa shape index (κ1) is 16.5. The Hall–Kier alpha value is -2.84. The highest BCUT2D eigenvalue weighted by Gasteiger charge is 2.27. The maximum atomic E-state index is 11.9. The molecule has 2 amide bonds. The molecular weight excluding hydrogens is 304 g/mol. The number of anilines is 1. The monoisotopic (exact) mass is 322 g/mol. The zero-order valence-electron chi connectivity index (χ0n) is 12.6. The zero-order valence-corrected chi connectivity index (χ0v) is 12.6. The van der Waals surface area contributed by atoms with E-state index in [1.54, 1.807) is 0 Å². The number of benzene rings is 1. The summed E-state index contributed by atoms with van der Waals surface area (Å²) < 4.78 is 0. The van der Waals surface area contributed by atoms with Crippen LogP contribution in [-0.2, 0) is 0 Å². The highest BCUT2D eigenvalue weighted by molar-refractivity contribution is 6.01. The van der Waals surface area contributed by atoms with Gasteiger partial charge in [0.15, 0.2) is 0 Å². The highest BCUT2D eigenvalue weighted by atomic mass is 16.6. The normalized spacial score (nSPS) is 16.9. The largest absolute Gasteiger partial charge is 0.465 e. The number of nitrogens with zero attached hydrogens (tertiary/aromatic N) is 2. The molecule has 9 nitrogen and oxygen atoms in total. The number of nitrogens with one attached hydrogen (secondary N) is 2. The Morgan fingerprint density at radius 3 is 2.78 bits per heavy atom. The van der Waals surface area contributed by atoms with Gasteiger partial charge in [-0.25, -0.2) is 4.79 Å². The Balaban J connectivity index is 2.16. The molecule has 0 aliphatic carbocycles. The van der Waals surface area contributed by atoms with Crippen LogP contribution in [0.2, 0.25) is 0 Å². The van der Waals surface area contributed by atoms with Gasteiger partial charge in [-0.3, -0.25) is 14.9 Å². The van der Waals surface area contributed by atoms with Crippen molar-refractivity contribution in [3.05, 3.63) is 33.9 Å². The fourth-order valence-electron chi connectivity index (χ4n) is 2.62. The fourth-order valence-corrected chi connectivity index (χ4v) is 2.62. The van der Waals surface area contributed by atoms with Gasteiger partial charge in [-0.05, 0) is 18.4 Å². The van der Waals surface area contributed by atoms with E-state index in [-0.39, 0.29) is 22.9 Å². The van der Waals surface area contributed by atoms with Crippen LogP contribution in [-0.4, -0.2) is 53.6 Å². The van der Waals surface area contributed by atoms with Crippen LogP contribution in [0.3, 0.4) is 0 Å². The van der Waals surface area contributed by atoms with E-state index in [0.717, 1.165) is 0 Å². The first-order valence-electron chi connectivity index (χ1n) is 7.15. The minimum absolute atomic E-state index is 0.0449. The lowest BCUT2D eigenvalue weighted by Crippen LogP contribution is -2.28. The summed E-state index contributed by atoms with van der Waals surface area (Å²) in [6, 6.07) is 4.29. The molecule has 1 fully saturated rings. The Morgan fingerprint density at radius 2 is 2.22 bits per heavy atom. The van der Waals surface area contributed by atoms with E-state index in [4.69, 9.17) is 5.11 Å². The van der Waals surface area contributed by atoms with Gasteiger partial charge in [0.2, 0.25) is 0 Å². The molecule has 1 aromatic carbocycles. The van der Waals surface area contributed by atoms with Gasteiger partial charge in [-0.1, -0.05) is 6.07 Å². The van der Waals surface area contributed by atoms with Gasteiger partial charge in [0.05, 0.1) is 10.5 Å². The van der Waals surface area contributed by atoms with Crippen molar-refractivity contribution in [3.63, 3.8) is 0 Å². The van der Waals surface area contributed by atoms with Crippen molar-refractivity contribution in [3.8, 4) is 0 Å². The first-order chi connectivity index (χ1) is 10.9. The number of carboxylic acid groups (broad SMARTS) is 1. The predicted molar refractivity (Wildman–Crippen MR) is 82.7 cm³/mol. The van der Waals surface area contributed by atoms with E-state index in [1.165, 1.54) is 30.1 Å². The Bertz CT molecular complexity index is 634. The summed E-state index contributed by atoms with van der Waals surface area (Å²) in [5.41, 5.74) is 0.166.